The molecule has 0 radical (unpaired) electrons. The van der Waals surface area contributed by atoms with Gasteiger partial charge in [-0.05, 0) is 24.0 Å². The first kappa shape index (κ1) is 17.5. The van der Waals surface area contributed by atoms with Crippen LogP contribution in [0, 0.1) is 11.3 Å². The monoisotopic (exact) mass is 322 g/mol. The van der Waals surface area contributed by atoms with Gasteiger partial charge in [0.1, 0.15) is 5.76 Å². The van der Waals surface area contributed by atoms with Crippen molar-refractivity contribution in [2.24, 2.45) is 11.3 Å². The number of aliphatic hydroxyl groups excluding tert-OH is 1. The Bertz CT molecular complexity index is 533. The summed E-state index contributed by atoms with van der Waals surface area (Å²) in [5.74, 6) is 0.133. The van der Waals surface area contributed by atoms with Crippen LogP contribution >= 0.6 is 0 Å². The first-order valence-corrected chi connectivity index (χ1v) is 8.00. The summed E-state index contributed by atoms with van der Waals surface area (Å²) >= 11 is 0. The SMILES string of the molecule is CC(C)(C)CC(CO)NC(=O)C1CC(=O)N(Cc2ccco2)C1. The van der Waals surface area contributed by atoms with Crippen molar-refractivity contribution in [1.29, 1.82) is 0 Å². The highest BCUT2D eigenvalue weighted by atomic mass is 16.3. The van der Waals surface area contributed by atoms with E-state index in [4.69, 9.17) is 4.42 Å². The van der Waals surface area contributed by atoms with E-state index in [1.807, 2.05) is 6.07 Å². The zero-order chi connectivity index (χ0) is 17.0. The molecular weight excluding hydrogens is 296 g/mol. The number of hydrogen-bond acceptors (Lipinski definition) is 4. The molecule has 1 saturated heterocycles. The van der Waals surface area contributed by atoms with Gasteiger partial charge in [-0.2, -0.15) is 0 Å². The molecular formula is C17H26N2O4. The van der Waals surface area contributed by atoms with Crippen molar-refractivity contribution in [3.8, 4) is 0 Å². The minimum absolute atomic E-state index is 0.0114. The van der Waals surface area contributed by atoms with Crippen LogP contribution in [0.3, 0.4) is 0 Å². The molecule has 1 aromatic heterocycles. The van der Waals surface area contributed by atoms with Crippen molar-refractivity contribution in [3.05, 3.63) is 24.2 Å². The Morgan fingerprint density at radius 1 is 1.52 bits per heavy atom. The molecule has 0 spiro atoms. The standard InChI is InChI=1S/C17H26N2O4/c1-17(2,3)8-13(11-20)18-16(22)12-7-15(21)19(9-12)10-14-5-4-6-23-14/h4-6,12-13,20H,7-11H2,1-3H3,(H,18,22). The molecule has 1 fully saturated rings. The Morgan fingerprint density at radius 2 is 2.26 bits per heavy atom. The zero-order valence-corrected chi connectivity index (χ0v) is 14.0. The Morgan fingerprint density at radius 3 is 2.83 bits per heavy atom. The smallest absolute Gasteiger partial charge is 0.225 e. The van der Waals surface area contributed by atoms with Crippen molar-refractivity contribution in [1.82, 2.24) is 10.2 Å². The van der Waals surface area contributed by atoms with E-state index in [0.717, 1.165) is 0 Å². The number of nitrogens with one attached hydrogen (secondary N) is 1. The second kappa shape index (κ2) is 7.17. The fourth-order valence-corrected chi connectivity index (χ4v) is 2.91. The Labute approximate surface area is 136 Å². The molecule has 128 valence electrons. The largest absolute Gasteiger partial charge is 0.467 e. The molecule has 2 heterocycles. The highest BCUT2D eigenvalue weighted by Gasteiger charge is 2.35. The first-order chi connectivity index (χ1) is 10.8. The van der Waals surface area contributed by atoms with E-state index in [1.54, 1.807) is 17.2 Å². The second-order valence-electron chi connectivity index (χ2n) is 7.41. The average Bonchev–Trinajstić information content (AvgIpc) is 3.07. The van der Waals surface area contributed by atoms with Crippen molar-refractivity contribution in [2.75, 3.05) is 13.2 Å². The predicted molar refractivity (Wildman–Crippen MR) is 85.3 cm³/mol. The van der Waals surface area contributed by atoms with Crippen LogP contribution in [-0.4, -0.2) is 41.0 Å². The molecule has 2 atom stereocenters. The molecule has 2 rings (SSSR count). The highest BCUT2D eigenvalue weighted by Crippen LogP contribution is 2.23. The van der Waals surface area contributed by atoms with Gasteiger partial charge >= 0.3 is 0 Å². The van der Waals surface area contributed by atoms with Crippen LogP contribution < -0.4 is 5.32 Å². The summed E-state index contributed by atoms with van der Waals surface area (Å²) in [5, 5.41) is 12.3. The molecule has 2 amide bonds. The van der Waals surface area contributed by atoms with Gasteiger partial charge in [0.05, 0.1) is 31.4 Å². The van der Waals surface area contributed by atoms with Gasteiger partial charge in [0.2, 0.25) is 11.8 Å². The van der Waals surface area contributed by atoms with E-state index in [-0.39, 0.29) is 42.2 Å². The second-order valence-corrected chi connectivity index (χ2v) is 7.41. The molecule has 0 aliphatic carbocycles. The van der Waals surface area contributed by atoms with E-state index >= 15 is 0 Å². The Kier molecular flexibility index (Phi) is 5.46. The Balaban J connectivity index is 1.89. The lowest BCUT2D eigenvalue weighted by Crippen LogP contribution is -2.43. The third kappa shape index (κ3) is 5.10. The number of furan rings is 1. The molecule has 0 bridgehead atoms. The lowest BCUT2D eigenvalue weighted by atomic mass is 9.88. The van der Waals surface area contributed by atoms with Gasteiger partial charge in [-0.15, -0.1) is 0 Å². The zero-order valence-electron chi connectivity index (χ0n) is 14.0. The van der Waals surface area contributed by atoms with Gasteiger partial charge in [0.25, 0.3) is 0 Å². The maximum absolute atomic E-state index is 12.4. The number of amides is 2. The number of rotatable bonds is 6. The number of hydrogen-bond donors (Lipinski definition) is 2. The summed E-state index contributed by atoms with van der Waals surface area (Å²) in [6.45, 7) is 6.86. The fraction of sp³-hybridized carbons (Fsp3) is 0.647. The molecule has 6 heteroatoms. The van der Waals surface area contributed by atoms with Gasteiger partial charge in [0, 0.05) is 13.0 Å². The van der Waals surface area contributed by atoms with Gasteiger partial charge in [-0.25, -0.2) is 0 Å². The topological polar surface area (TPSA) is 82.8 Å². The molecule has 1 aromatic rings. The average molecular weight is 322 g/mol. The van der Waals surface area contributed by atoms with Gasteiger partial charge in [0.15, 0.2) is 0 Å². The fourth-order valence-electron chi connectivity index (χ4n) is 2.91. The lowest BCUT2D eigenvalue weighted by molar-refractivity contribution is -0.129. The summed E-state index contributed by atoms with van der Waals surface area (Å²) in [4.78, 5) is 26.1. The van der Waals surface area contributed by atoms with Crippen LogP contribution in [0.5, 0.6) is 0 Å². The third-order valence-electron chi connectivity index (χ3n) is 3.94. The maximum Gasteiger partial charge on any atom is 0.225 e. The number of nitrogens with zero attached hydrogens (tertiary/aromatic N) is 1. The summed E-state index contributed by atoms with van der Waals surface area (Å²) in [6, 6.07) is 3.31. The molecule has 1 aliphatic heterocycles. The first-order valence-electron chi connectivity index (χ1n) is 8.00. The van der Waals surface area contributed by atoms with Crippen LogP contribution in [0.2, 0.25) is 0 Å². The van der Waals surface area contributed by atoms with Crippen molar-refractivity contribution in [2.45, 2.75) is 46.2 Å². The van der Waals surface area contributed by atoms with E-state index in [1.165, 1.54) is 0 Å². The molecule has 23 heavy (non-hydrogen) atoms. The van der Waals surface area contributed by atoms with Gasteiger partial charge in [-0.3, -0.25) is 9.59 Å². The van der Waals surface area contributed by atoms with E-state index in [0.29, 0.717) is 25.3 Å². The number of carbonyl (C=O) groups excluding carboxylic acids is 2. The quantitative estimate of drug-likeness (QED) is 0.832. The highest BCUT2D eigenvalue weighted by molar-refractivity contribution is 5.89. The van der Waals surface area contributed by atoms with Crippen LogP contribution in [0.4, 0.5) is 0 Å². The molecule has 6 nitrogen and oxygen atoms in total. The molecule has 1 aliphatic rings. The van der Waals surface area contributed by atoms with Crippen molar-refractivity contribution >= 4 is 11.8 Å². The normalized spacial score (nSPS) is 19.9. The predicted octanol–water partition coefficient (Wildman–Crippen LogP) is 1.54. The number of aliphatic hydroxyl groups is 1. The summed E-state index contributed by atoms with van der Waals surface area (Å²) in [6.07, 6.45) is 2.46. The molecule has 2 N–H and O–H groups in total. The van der Waals surface area contributed by atoms with Crippen molar-refractivity contribution < 1.29 is 19.1 Å². The molecule has 2 unspecified atom stereocenters. The lowest BCUT2D eigenvalue weighted by Gasteiger charge is -2.26. The van der Waals surface area contributed by atoms with Crippen LogP contribution in [0.15, 0.2) is 22.8 Å². The van der Waals surface area contributed by atoms with E-state index in [2.05, 4.69) is 26.1 Å². The molecule has 0 saturated carbocycles. The van der Waals surface area contributed by atoms with Crippen LogP contribution in [0.25, 0.3) is 0 Å². The van der Waals surface area contributed by atoms with Gasteiger partial charge in [-0.1, -0.05) is 20.8 Å². The molecule has 0 aromatic carbocycles. The van der Waals surface area contributed by atoms with Gasteiger partial charge < -0.3 is 19.7 Å². The summed E-state index contributed by atoms with van der Waals surface area (Å²) in [5.41, 5.74) is 0.0114. The number of carbonyl (C=O) groups is 2. The van der Waals surface area contributed by atoms with E-state index in [9.17, 15) is 14.7 Å². The summed E-state index contributed by atoms with van der Waals surface area (Å²) < 4.78 is 5.25. The minimum Gasteiger partial charge on any atom is -0.467 e. The van der Waals surface area contributed by atoms with Crippen LogP contribution in [0.1, 0.15) is 39.4 Å². The minimum atomic E-state index is -0.369. The summed E-state index contributed by atoms with van der Waals surface area (Å²) in [7, 11) is 0. The van der Waals surface area contributed by atoms with Crippen LogP contribution in [-0.2, 0) is 16.1 Å². The number of likely N-dealkylation sites (tertiary alicyclic amines) is 1. The maximum atomic E-state index is 12.4. The van der Waals surface area contributed by atoms with Crippen molar-refractivity contribution in [3.63, 3.8) is 0 Å². The van der Waals surface area contributed by atoms with E-state index < -0.39 is 0 Å². The Hall–Kier alpha value is -1.82. The third-order valence-corrected chi connectivity index (χ3v) is 3.94.